The highest BCUT2D eigenvalue weighted by Gasteiger charge is 2.34. The lowest BCUT2D eigenvalue weighted by Crippen LogP contribution is -2.26. The number of allylic oxidation sites excluding steroid dienone is 7. The zero-order chi connectivity index (χ0) is 35.1. The Bertz CT molecular complexity index is 1250. The van der Waals surface area contributed by atoms with Crippen LogP contribution in [0.15, 0.2) is 63.1 Å². The van der Waals surface area contributed by atoms with Crippen molar-refractivity contribution in [3.63, 3.8) is 0 Å². The molecule has 1 unspecified atom stereocenters. The first-order valence-corrected chi connectivity index (χ1v) is 18.6. The van der Waals surface area contributed by atoms with E-state index in [1.54, 1.807) is 4.67 Å². The van der Waals surface area contributed by atoms with Gasteiger partial charge in [-0.15, -0.1) is 11.6 Å². The number of alkyl halides is 1. The minimum absolute atomic E-state index is 0.00493. The van der Waals surface area contributed by atoms with Crippen LogP contribution < -0.4 is 0 Å². The summed E-state index contributed by atoms with van der Waals surface area (Å²) in [5, 5.41) is 20.1. The molecule has 0 fully saturated rings. The number of hydrogen-bond acceptors (Lipinski definition) is 7. The summed E-state index contributed by atoms with van der Waals surface area (Å²) in [6.07, 6.45) is 17.9. The van der Waals surface area contributed by atoms with Crippen LogP contribution >= 0.6 is 19.3 Å². The fraction of sp³-hybridized carbons (Fsp3) is 0.629. The molecule has 0 spiro atoms. The fourth-order valence-electron chi connectivity index (χ4n) is 4.64. The SMILES string of the molecule is CC(C)=CCC/C(C)=C/CC/C(C)=C/CC/C(C)=C/COP(=O)(OCc1ccc([N+](=O)[O-])o1)N(CCCCCCl)CCCCC(=O)O. The molecule has 0 radical (unpaired) electrons. The highest BCUT2D eigenvalue weighted by Crippen LogP contribution is 2.53. The Morgan fingerprint density at radius 1 is 0.872 bits per heavy atom. The summed E-state index contributed by atoms with van der Waals surface area (Å²) in [5.41, 5.74) is 5.23. The van der Waals surface area contributed by atoms with Crippen LogP contribution in [0.3, 0.4) is 0 Å². The molecule has 0 aliphatic rings. The van der Waals surface area contributed by atoms with Gasteiger partial charge >= 0.3 is 19.6 Å². The van der Waals surface area contributed by atoms with E-state index in [0.717, 1.165) is 56.9 Å². The van der Waals surface area contributed by atoms with E-state index in [4.69, 9.17) is 30.2 Å². The van der Waals surface area contributed by atoms with Gasteiger partial charge in [-0.3, -0.25) is 24.0 Å². The van der Waals surface area contributed by atoms with Crippen molar-refractivity contribution in [1.29, 1.82) is 0 Å². The van der Waals surface area contributed by atoms with E-state index in [1.165, 1.54) is 28.9 Å². The van der Waals surface area contributed by atoms with E-state index in [2.05, 4.69) is 45.9 Å². The summed E-state index contributed by atoms with van der Waals surface area (Å²) in [6.45, 7) is 11.1. The molecule has 0 bridgehead atoms. The molecular weight excluding hydrogens is 643 g/mol. The van der Waals surface area contributed by atoms with Crippen LogP contribution in [0.5, 0.6) is 0 Å². The highest BCUT2D eigenvalue weighted by atomic mass is 35.5. The molecule has 1 rings (SSSR count). The molecule has 0 aromatic carbocycles. The third-order valence-electron chi connectivity index (χ3n) is 7.47. The summed E-state index contributed by atoms with van der Waals surface area (Å²) >= 11 is 5.84. The van der Waals surface area contributed by atoms with Crippen LogP contribution in [-0.4, -0.2) is 46.2 Å². The van der Waals surface area contributed by atoms with Gasteiger partial charge in [0.1, 0.15) is 17.3 Å². The Labute approximate surface area is 286 Å². The molecule has 0 aliphatic heterocycles. The molecule has 1 aromatic rings. The maximum absolute atomic E-state index is 14.3. The van der Waals surface area contributed by atoms with Gasteiger partial charge in [-0.25, -0.2) is 9.24 Å². The van der Waals surface area contributed by atoms with Gasteiger partial charge in [-0.05, 0) is 105 Å². The number of rotatable bonds is 27. The molecule has 10 nitrogen and oxygen atoms in total. The van der Waals surface area contributed by atoms with Gasteiger partial charge in [0, 0.05) is 25.4 Å². The molecule has 1 N–H and O–H groups in total. The van der Waals surface area contributed by atoms with Gasteiger partial charge in [0.05, 0.1) is 12.7 Å². The molecule has 0 saturated carbocycles. The number of halogens is 1. The fourth-order valence-corrected chi connectivity index (χ4v) is 6.56. The number of carboxylic acid groups (broad SMARTS) is 1. The Kier molecular flexibility index (Phi) is 22.3. The van der Waals surface area contributed by atoms with E-state index in [0.29, 0.717) is 38.2 Å². The molecule has 266 valence electrons. The van der Waals surface area contributed by atoms with Crippen molar-refractivity contribution < 1.29 is 32.9 Å². The molecule has 47 heavy (non-hydrogen) atoms. The van der Waals surface area contributed by atoms with Crippen molar-refractivity contribution in [2.45, 2.75) is 118 Å². The second-order valence-corrected chi connectivity index (χ2v) is 14.5. The van der Waals surface area contributed by atoms with Crippen LogP contribution in [0.4, 0.5) is 5.88 Å². The number of nitro groups is 1. The number of carbonyl (C=O) groups is 1. The van der Waals surface area contributed by atoms with Gasteiger partial charge < -0.3 is 9.52 Å². The molecule has 1 heterocycles. The number of unbranched alkanes of at least 4 members (excludes halogenated alkanes) is 3. The van der Waals surface area contributed by atoms with E-state index >= 15 is 0 Å². The van der Waals surface area contributed by atoms with Gasteiger partial charge in [0.15, 0.2) is 0 Å². The van der Waals surface area contributed by atoms with Crippen LogP contribution in [0.1, 0.15) is 117 Å². The van der Waals surface area contributed by atoms with Gasteiger partial charge in [-0.1, -0.05) is 53.0 Å². The molecule has 0 aliphatic carbocycles. The molecule has 0 saturated heterocycles. The summed E-state index contributed by atoms with van der Waals surface area (Å²) < 4.78 is 32.9. The van der Waals surface area contributed by atoms with E-state index in [-0.39, 0.29) is 25.4 Å². The van der Waals surface area contributed by atoms with Crippen molar-refractivity contribution in [1.82, 2.24) is 4.67 Å². The number of furan rings is 1. The maximum atomic E-state index is 14.3. The lowest BCUT2D eigenvalue weighted by molar-refractivity contribution is -0.402. The van der Waals surface area contributed by atoms with E-state index in [9.17, 15) is 19.5 Å². The topological polar surface area (TPSA) is 132 Å². The summed E-state index contributed by atoms with van der Waals surface area (Å²) in [4.78, 5) is 21.4. The third kappa shape index (κ3) is 20.5. The normalized spacial score (nSPS) is 14.0. The van der Waals surface area contributed by atoms with Crippen molar-refractivity contribution >= 4 is 31.2 Å². The summed E-state index contributed by atoms with van der Waals surface area (Å²) in [7, 11) is -3.90. The number of aliphatic carboxylic acids is 1. The smallest absolute Gasteiger partial charge is 0.433 e. The molecule has 0 amide bonds. The molecular formula is C35H56ClN2O8P. The second-order valence-electron chi connectivity index (χ2n) is 12.1. The average Bonchev–Trinajstić information content (AvgIpc) is 3.49. The Hall–Kier alpha value is -2.49. The quantitative estimate of drug-likeness (QED) is 0.0238. The lowest BCUT2D eigenvalue weighted by Gasteiger charge is -2.30. The van der Waals surface area contributed by atoms with E-state index < -0.39 is 24.5 Å². The summed E-state index contributed by atoms with van der Waals surface area (Å²) in [5.74, 6) is -0.656. The maximum Gasteiger partial charge on any atom is 0.433 e. The predicted octanol–water partition coefficient (Wildman–Crippen LogP) is 10.9. The number of hydrogen-bond donors (Lipinski definition) is 1. The zero-order valence-corrected chi connectivity index (χ0v) is 30.7. The first kappa shape index (κ1) is 42.5. The number of nitrogens with zero attached hydrogens (tertiary/aromatic N) is 2. The number of carboxylic acids is 1. The van der Waals surface area contributed by atoms with Gasteiger partial charge in [-0.2, -0.15) is 0 Å². The van der Waals surface area contributed by atoms with Crippen LogP contribution in [0, 0.1) is 10.1 Å². The van der Waals surface area contributed by atoms with E-state index in [1.807, 2.05) is 13.0 Å². The first-order chi connectivity index (χ1) is 22.4. The summed E-state index contributed by atoms with van der Waals surface area (Å²) in [6, 6.07) is 2.62. The molecule has 1 atom stereocenters. The first-order valence-electron chi connectivity index (χ1n) is 16.6. The van der Waals surface area contributed by atoms with Gasteiger partial charge in [0.2, 0.25) is 0 Å². The minimum atomic E-state index is -3.90. The van der Waals surface area contributed by atoms with Crippen LogP contribution in [0.2, 0.25) is 0 Å². The van der Waals surface area contributed by atoms with Crippen LogP contribution in [-0.2, 0) is 25.0 Å². The zero-order valence-electron chi connectivity index (χ0n) is 29.0. The lowest BCUT2D eigenvalue weighted by atomic mass is 10.0. The Morgan fingerprint density at radius 2 is 1.45 bits per heavy atom. The van der Waals surface area contributed by atoms with Crippen LogP contribution in [0.25, 0.3) is 0 Å². The van der Waals surface area contributed by atoms with Crippen molar-refractivity contribution in [2.24, 2.45) is 0 Å². The molecule has 1 aromatic heterocycles. The average molecular weight is 699 g/mol. The van der Waals surface area contributed by atoms with Crippen molar-refractivity contribution in [3.8, 4) is 0 Å². The van der Waals surface area contributed by atoms with Gasteiger partial charge in [0.25, 0.3) is 0 Å². The Morgan fingerprint density at radius 3 is 1.98 bits per heavy atom. The standard InChI is InChI=1S/C35H56ClN2O8P/c1-29(2)14-11-15-30(3)16-12-17-31(4)18-13-19-32(5)23-27-44-47(43,45-28-33-21-22-34(46-33)38(41)42)37(25-9-6-8-24-36)26-10-7-20-35(39)40/h14,16,18,21-23H,6-13,15,17,19-20,24-28H2,1-5H3,(H,39,40)/b30-16+,31-18+,32-23+. The predicted molar refractivity (Wildman–Crippen MR) is 190 cm³/mol. The minimum Gasteiger partial charge on any atom is -0.481 e. The second kappa shape index (κ2) is 24.6. The van der Waals surface area contributed by atoms with Crippen molar-refractivity contribution in [2.75, 3.05) is 25.6 Å². The Balaban J connectivity index is 2.86. The molecule has 12 heteroatoms. The highest BCUT2D eigenvalue weighted by molar-refractivity contribution is 7.51. The third-order valence-corrected chi connectivity index (χ3v) is 9.77. The largest absolute Gasteiger partial charge is 0.481 e. The monoisotopic (exact) mass is 698 g/mol. The van der Waals surface area contributed by atoms with Crippen molar-refractivity contribution in [3.05, 3.63) is 74.6 Å².